The lowest BCUT2D eigenvalue weighted by atomic mass is 10.1. The number of nitrogens with one attached hydrogen (secondary N) is 1. The number of fused-ring (bicyclic) bond motifs is 1. The second-order valence-corrected chi connectivity index (χ2v) is 7.46. The highest BCUT2D eigenvalue weighted by Gasteiger charge is 2.28. The predicted molar refractivity (Wildman–Crippen MR) is 112 cm³/mol. The number of esters is 1. The fourth-order valence-corrected chi connectivity index (χ4v) is 4.13. The first-order chi connectivity index (χ1) is 14.1. The molecular formula is C22H18N2O4S. The van der Waals surface area contributed by atoms with Crippen molar-refractivity contribution in [1.82, 2.24) is 4.98 Å². The van der Waals surface area contributed by atoms with Crippen LogP contribution in [0, 0.1) is 6.92 Å². The third-order valence-electron chi connectivity index (χ3n) is 4.44. The van der Waals surface area contributed by atoms with Gasteiger partial charge in [0.2, 0.25) is 11.8 Å². The number of furan rings is 1. The minimum absolute atomic E-state index is 0.188. The molecule has 2 aromatic carbocycles. The smallest absolute Gasteiger partial charge is 0.342 e. The van der Waals surface area contributed by atoms with Gasteiger partial charge in [-0.2, -0.15) is 0 Å². The van der Waals surface area contributed by atoms with Crippen molar-refractivity contribution in [3.8, 4) is 10.6 Å². The van der Waals surface area contributed by atoms with Crippen LogP contribution in [0.2, 0.25) is 0 Å². The molecule has 0 aliphatic rings. The van der Waals surface area contributed by atoms with E-state index >= 15 is 0 Å². The first kappa shape index (κ1) is 18.9. The van der Waals surface area contributed by atoms with Gasteiger partial charge in [-0.25, -0.2) is 9.78 Å². The Kier molecular flexibility index (Phi) is 5.14. The van der Waals surface area contributed by atoms with Gasteiger partial charge >= 0.3 is 5.97 Å². The topological polar surface area (TPSA) is 81.4 Å². The summed E-state index contributed by atoms with van der Waals surface area (Å²) in [5, 5.41) is 3.38. The maximum absolute atomic E-state index is 12.6. The predicted octanol–water partition coefficient (Wildman–Crippen LogP) is 4.83. The lowest BCUT2D eigenvalue weighted by molar-refractivity contribution is -0.115. The molecular weight excluding hydrogens is 388 g/mol. The fraction of sp³-hybridized carbons (Fsp3) is 0.136. The van der Waals surface area contributed by atoms with E-state index in [1.165, 1.54) is 18.4 Å². The maximum atomic E-state index is 12.6. The minimum atomic E-state index is -0.538. The van der Waals surface area contributed by atoms with Crippen LogP contribution in [0.4, 0.5) is 5.88 Å². The average Bonchev–Trinajstić information content (AvgIpc) is 3.28. The second kappa shape index (κ2) is 7.89. The van der Waals surface area contributed by atoms with E-state index in [0.29, 0.717) is 16.3 Å². The lowest BCUT2D eigenvalue weighted by Crippen LogP contribution is -2.14. The van der Waals surface area contributed by atoms with Crippen LogP contribution in [0.3, 0.4) is 0 Å². The van der Waals surface area contributed by atoms with Gasteiger partial charge in [-0.3, -0.25) is 10.1 Å². The number of hydrogen-bond acceptors (Lipinski definition) is 6. The van der Waals surface area contributed by atoms with E-state index in [1.54, 1.807) is 6.92 Å². The number of rotatable bonds is 5. The quantitative estimate of drug-likeness (QED) is 0.480. The van der Waals surface area contributed by atoms with E-state index in [0.717, 1.165) is 15.8 Å². The summed E-state index contributed by atoms with van der Waals surface area (Å²) in [6.07, 6.45) is 0.188. The van der Waals surface area contributed by atoms with Gasteiger partial charge in [0.05, 0.1) is 29.3 Å². The molecule has 0 aliphatic heterocycles. The zero-order valence-electron chi connectivity index (χ0n) is 15.9. The number of hydrogen-bond donors (Lipinski definition) is 1. The van der Waals surface area contributed by atoms with Gasteiger partial charge in [0.25, 0.3) is 0 Å². The third-order valence-corrected chi connectivity index (χ3v) is 5.50. The van der Waals surface area contributed by atoms with E-state index in [-0.39, 0.29) is 23.8 Å². The van der Waals surface area contributed by atoms with Crippen molar-refractivity contribution < 1.29 is 18.7 Å². The van der Waals surface area contributed by atoms with Crippen LogP contribution in [-0.2, 0) is 16.0 Å². The summed E-state index contributed by atoms with van der Waals surface area (Å²) >= 11 is 1.42. The van der Waals surface area contributed by atoms with Gasteiger partial charge in [-0.15, -0.1) is 11.3 Å². The molecule has 0 saturated heterocycles. The number of ether oxygens (including phenoxy) is 1. The molecule has 7 heteroatoms. The number of para-hydroxylation sites is 1. The van der Waals surface area contributed by atoms with Crippen molar-refractivity contribution in [2.75, 3.05) is 12.4 Å². The number of methoxy groups -OCH3 is 1. The highest BCUT2D eigenvalue weighted by atomic mass is 32.1. The summed E-state index contributed by atoms with van der Waals surface area (Å²) in [4.78, 5) is 29.6. The van der Waals surface area contributed by atoms with Crippen LogP contribution in [0.15, 0.2) is 59.0 Å². The van der Waals surface area contributed by atoms with Crippen LogP contribution in [0.25, 0.3) is 20.8 Å². The molecule has 2 aromatic heterocycles. The minimum Gasteiger partial charge on any atom is -0.465 e. The lowest BCUT2D eigenvalue weighted by Gasteiger charge is -2.05. The molecule has 0 radical (unpaired) electrons. The zero-order chi connectivity index (χ0) is 20.4. The summed E-state index contributed by atoms with van der Waals surface area (Å²) in [6.45, 7) is 1.66. The summed E-state index contributed by atoms with van der Waals surface area (Å²) in [5.74, 6) is -0.225. The number of anilines is 1. The van der Waals surface area contributed by atoms with E-state index < -0.39 is 5.97 Å². The zero-order valence-corrected chi connectivity index (χ0v) is 16.7. The molecule has 0 bridgehead atoms. The Morgan fingerprint density at radius 2 is 1.83 bits per heavy atom. The Morgan fingerprint density at radius 1 is 1.10 bits per heavy atom. The summed E-state index contributed by atoms with van der Waals surface area (Å²) < 4.78 is 11.7. The summed E-state index contributed by atoms with van der Waals surface area (Å²) in [7, 11) is 1.31. The first-order valence-corrected chi connectivity index (χ1v) is 9.80. The van der Waals surface area contributed by atoms with Gasteiger partial charge in [0.15, 0.2) is 0 Å². The number of amides is 1. The average molecular weight is 406 g/mol. The second-order valence-electron chi connectivity index (χ2n) is 6.43. The molecule has 2 heterocycles. The molecule has 1 amide bonds. The number of carbonyl (C=O) groups excluding carboxylic acids is 2. The highest BCUT2D eigenvalue weighted by Crippen LogP contribution is 2.40. The third kappa shape index (κ3) is 3.77. The van der Waals surface area contributed by atoms with Crippen LogP contribution < -0.4 is 5.32 Å². The normalized spacial score (nSPS) is 10.8. The molecule has 146 valence electrons. The largest absolute Gasteiger partial charge is 0.465 e. The number of benzene rings is 2. The van der Waals surface area contributed by atoms with Gasteiger partial charge in [0.1, 0.15) is 16.3 Å². The van der Waals surface area contributed by atoms with Gasteiger partial charge in [0, 0.05) is 0 Å². The summed E-state index contributed by atoms with van der Waals surface area (Å²) in [6, 6.07) is 17.1. The molecule has 0 atom stereocenters. The molecule has 0 fully saturated rings. The van der Waals surface area contributed by atoms with Gasteiger partial charge < -0.3 is 9.15 Å². The monoisotopic (exact) mass is 406 g/mol. The van der Waals surface area contributed by atoms with E-state index in [9.17, 15) is 9.59 Å². The fourth-order valence-electron chi connectivity index (χ4n) is 3.12. The molecule has 0 unspecified atom stereocenters. The number of aromatic nitrogens is 1. The molecule has 0 aliphatic carbocycles. The molecule has 0 spiro atoms. The SMILES string of the molecule is COC(=O)c1c(C)oc(NC(=O)Cc2ccccc2)c1-c1nc2ccccc2s1. The Bertz CT molecular complexity index is 1160. The molecule has 29 heavy (non-hydrogen) atoms. The molecule has 1 N–H and O–H groups in total. The van der Waals surface area contributed by atoms with Crippen molar-refractivity contribution in [2.45, 2.75) is 13.3 Å². The van der Waals surface area contributed by atoms with Gasteiger partial charge in [-0.05, 0) is 24.6 Å². The number of nitrogens with zero attached hydrogens (tertiary/aromatic N) is 1. The van der Waals surface area contributed by atoms with Crippen molar-refractivity contribution in [3.63, 3.8) is 0 Å². The number of thiazole rings is 1. The standard InChI is InChI=1S/C22H18N2O4S/c1-13-18(22(26)27-2)19(21-23-15-10-6-7-11-16(15)29-21)20(28-13)24-17(25)12-14-8-4-3-5-9-14/h3-11H,12H2,1-2H3,(H,24,25). The highest BCUT2D eigenvalue weighted by molar-refractivity contribution is 7.21. The van der Waals surface area contributed by atoms with Crippen LogP contribution in [-0.4, -0.2) is 24.0 Å². The Balaban J connectivity index is 1.75. The molecule has 6 nitrogen and oxygen atoms in total. The molecule has 4 rings (SSSR count). The van der Waals surface area contributed by atoms with Crippen molar-refractivity contribution >= 4 is 39.3 Å². The van der Waals surface area contributed by atoms with Crippen LogP contribution >= 0.6 is 11.3 Å². The Morgan fingerprint density at radius 3 is 2.55 bits per heavy atom. The Labute approximate surface area is 171 Å². The van der Waals surface area contributed by atoms with Crippen molar-refractivity contribution in [2.24, 2.45) is 0 Å². The maximum Gasteiger partial charge on any atom is 0.342 e. The Hall–Kier alpha value is -3.45. The van der Waals surface area contributed by atoms with Crippen LogP contribution in [0.5, 0.6) is 0 Å². The van der Waals surface area contributed by atoms with E-state index in [1.807, 2.05) is 54.6 Å². The van der Waals surface area contributed by atoms with E-state index in [4.69, 9.17) is 9.15 Å². The van der Waals surface area contributed by atoms with Crippen LogP contribution in [0.1, 0.15) is 21.7 Å². The molecule has 4 aromatic rings. The van der Waals surface area contributed by atoms with E-state index in [2.05, 4.69) is 10.3 Å². The number of aryl methyl sites for hydroxylation is 1. The van der Waals surface area contributed by atoms with Crippen molar-refractivity contribution in [3.05, 3.63) is 71.5 Å². The summed E-state index contributed by atoms with van der Waals surface area (Å²) in [5.41, 5.74) is 2.39. The first-order valence-electron chi connectivity index (χ1n) is 8.98. The number of carbonyl (C=O) groups is 2. The van der Waals surface area contributed by atoms with Gasteiger partial charge in [-0.1, -0.05) is 42.5 Å². The molecule has 0 saturated carbocycles. The van der Waals surface area contributed by atoms with Crippen molar-refractivity contribution in [1.29, 1.82) is 0 Å².